The third kappa shape index (κ3) is 4.66. The van der Waals surface area contributed by atoms with Crippen molar-refractivity contribution in [3.63, 3.8) is 0 Å². The fourth-order valence-corrected chi connectivity index (χ4v) is 2.73. The number of aromatic nitrogens is 4. The summed E-state index contributed by atoms with van der Waals surface area (Å²) in [6.45, 7) is 7.37. The third-order valence-electron chi connectivity index (χ3n) is 4.16. The Morgan fingerprint density at radius 1 is 1.10 bits per heavy atom. The first kappa shape index (κ1) is 20.2. The molecule has 0 atom stereocenters. The summed E-state index contributed by atoms with van der Waals surface area (Å²) >= 11 is 0. The van der Waals surface area contributed by atoms with Gasteiger partial charge in [-0.1, -0.05) is 6.92 Å². The minimum atomic E-state index is -0.367. The molecule has 0 aliphatic carbocycles. The van der Waals surface area contributed by atoms with Crippen LogP contribution in [0.3, 0.4) is 0 Å². The van der Waals surface area contributed by atoms with Gasteiger partial charge in [0.05, 0.1) is 29.6 Å². The van der Waals surface area contributed by atoms with Gasteiger partial charge >= 0.3 is 5.97 Å². The molecule has 2 heterocycles. The largest absolute Gasteiger partial charge is 0.462 e. The second kappa shape index (κ2) is 8.64. The number of hydrogen-bond acceptors (Lipinski definition) is 7. The SMILES string of the molecule is CCCOC(=O)c1ccc(Oc2cc(-n3ncc(C(C)=O)c3C)nc(C)n2)cc1. The third-order valence-corrected chi connectivity index (χ3v) is 4.16. The maximum absolute atomic E-state index is 11.9. The van der Waals surface area contributed by atoms with E-state index in [9.17, 15) is 9.59 Å². The molecular weight excluding hydrogens is 372 g/mol. The molecule has 0 fully saturated rings. The Labute approximate surface area is 168 Å². The van der Waals surface area contributed by atoms with Gasteiger partial charge in [-0.2, -0.15) is 10.1 Å². The summed E-state index contributed by atoms with van der Waals surface area (Å²) in [5.41, 5.74) is 1.68. The molecule has 0 aliphatic heterocycles. The standard InChI is InChI=1S/C21H22N4O4/c1-5-10-28-21(27)16-6-8-17(9-7-16)29-20-11-19(23-15(4)24-20)25-13(2)18(12-22-25)14(3)26/h6-9,11-12H,5,10H2,1-4H3. The van der Waals surface area contributed by atoms with Crippen LogP contribution in [-0.4, -0.2) is 38.1 Å². The van der Waals surface area contributed by atoms with Crippen LogP contribution in [0, 0.1) is 13.8 Å². The van der Waals surface area contributed by atoms with Crippen molar-refractivity contribution in [3.8, 4) is 17.4 Å². The molecule has 2 aromatic heterocycles. The van der Waals surface area contributed by atoms with E-state index in [-0.39, 0.29) is 11.8 Å². The highest BCUT2D eigenvalue weighted by molar-refractivity contribution is 5.95. The van der Waals surface area contributed by atoms with E-state index in [0.717, 1.165) is 6.42 Å². The van der Waals surface area contributed by atoms with Gasteiger partial charge in [-0.15, -0.1) is 0 Å². The number of rotatable bonds is 7. The molecule has 0 aliphatic rings. The van der Waals surface area contributed by atoms with Gasteiger partial charge in [-0.25, -0.2) is 14.5 Å². The fourth-order valence-electron chi connectivity index (χ4n) is 2.73. The van der Waals surface area contributed by atoms with E-state index in [1.165, 1.54) is 13.1 Å². The second-order valence-corrected chi connectivity index (χ2v) is 6.49. The molecule has 0 unspecified atom stereocenters. The zero-order valence-corrected chi connectivity index (χ0v) is 16.8. The second-order valence-electron chi connectivity index (χ2n) is 6.49. The highest BCUT2D eigenvalue weighted by Gasteiger charge is 2.14. The molecule has 0 saturated carbocycles. The Bertz CT molecular complexity index is 1040. The lowest BCUT2D eigenvalue weighted by Crippen LogP contribution is -2.06. The number of benzene rings is 1. The number of esters is 1. The first-order valence-electron chi connectivity index (χ1n) is 9.25. The van der Waals surface area contributed by atoms with E-state index in [0.29, 0.717) is 46.7 Å². The van der Waals surface area contributed by atoms with Crippen LogP contribution in [-0.2, 0) is 4.74 Å². The Balaban J connectivity index is 1.82. The van der Waals surface area contributed by atoms with Crippen LogP contribution in [0.2, 0.25) is 0 Å². The molecule has 0 spiro atoms. The van der Waals surface area contributed by atoms with Gasteiger partial charge in [0.1, 0.15) is 11.6 Å². The molecule has 0 bridgehead atoms. The number of hydrogen-bond donors (Lipinski definition) is 0. The molecule has 29 heavy (non-hydrogen) atoms. The van der Waals surface area contributed by atoms with Crippen molar-refractivity contribution in [1.82, 2.24) is 19.7 Å². The number of aryl methyl sites for hydroxylation is 1. The molecule has 0 N–H and O–H groups in total. The molecule has 0 amide bonds. The molecule has 0 saturated heterocycles. The normalized spacial score (nSPS) is 10.6. The minimum Gasteiger partial charge on any atom is -0.462 e. The van der Waals surface area contributed by atoms with Crippen molar-refractivity contribution >= 4 is 11.8 Å². The summed E-state index contributed by atoms with van der Waals surface area (Å²) in [6.07, 6.45) is 2.29. The summed E-state index contributed by atoms with van der Waals surface area (Å²) < 4.78 is 12.5. The lowest BCUT2D eigenvalue weighted by atomic mass is 10.2. The molecular formula is C21H22N4O4. The summed E-state index contributed by atoms with van der Waals surface area (Å²) in [7, 11) is 0. The number of ketones is 1. The van der Waals surface area contributed by atoms with Gasteiger partial charge < -0.3 is 9.47 Å². The zero-order valence-electron chi connectivity index (χ0n) is 16.8. The van der Waals surface area contributed by atoms with Gasteiger partial charge in [-0.3, -0.25) is 4.79 Å². The fraction of sp³-hybridized carbons (Fsp3) is 0.286. The predicted molar refractivity (Wildman–Crippen MR) is 106 cm³/mol. The molecule has 3 aromatic rings. The average Bonchev–Trinajstić information content (AvgIpc) is 3.08. The Kier molecular flexibility index (Phi) is 6.01. The lowest BCUT2D eigenvalue weighted by Gasteiger charge is -2.10. The lowest BCUT2D eigenvalue weighted by molar-refractivity contribution is 0.0505. The van der Waals surface area contributed by atoms with Crippen LogP contribution in [0.5, 0.6) is 11.6 Å². The van der Waals surface area contributed by atoms with Crippen molar-refractivity contribution in [2.75, 3.05) is 6.61 Å². The van der Waals surface area contributed by atoms with Crippen LogP contribution in [0.1, 0.15) is 52.5 Å². The van der Waals surface area contributed by atoms with Crippen molar-refractivity contribution in [2.24, 2.45) is 0 Å². The quantitative estimate of drug-likeness (QED) is 0.444. The molecule has 3 rings (SSSR count). The van der Waals surface area contributed by atoms with Crippen LogP contribution in [0.4, 0.5) is 0 Å². The molecule has 8 nitrogen and oxygen atoms in total. The first-order chi connectivity index (χ1) is 13.9. The molecule has 8 heteroatoms. The Morgan fingerprint density at radius 2 is 1.83 bits per heavy atom. The number of carbonyl (C=O) groups is 2. The molecule has 1 aromatic carbocycles. The number of nitrogens with zero attached hydrogens (tertiary/aromatic N) is 4. The first-order valence-corrected chi connectivity index (χ1v) is 9.25. The van der Waals surface area contributed by atoms with Crippen molar-refractivity contribution < 1.29 is 19.1 Å². The van der Waals surface area contributed by atoms with Crippen LogP contribution < -0.4 is 4.74 Å². The van der Waals surface area contributed by atoms with Crippen molar-refractivity contribution in [1.29, 1.82) is 0 Å². The number of carbonyl (C=O) groups excluding carboxylic acids is 2. The smallest absolute Gasteiger partial charge is 0.338 e. The Hall–Kier alpha value is -3.55. The zero-order chi connectivity index (χ0) is 21.0. The van der Waals surface area contributed by atoms with E-state index in [2.05, 4.69) is 15.1 Å². The summed E-state index contributed by atoms with van der Waals surface area (Å²) in [5.74, 6) is 1.41. The van der Waals surface area contributed by atoms with Crippen molar-refractivity contribution in [3.05, 3.63) is 59.2 Å². The predicted octanol–water partition coefficient (Wildman–Crippen LogP) is 3.84. The van der Waals surface area contributed by atoms with E-state index in [1.54, 1.807) is 48.9 Å². The van der Waals surface area contributed by atoms with Crippen LogP contribution in [0.25, 0.3) is 5.82 Å². The number of ether oxygens (including phenoxy) is 2. The van der Waals surface area contributed by atoms with Gasteiger partial charge in [-0.05, 0) is 51.5 Å². The number of Topliss-reactive ketones (excluding diaryl/α,β-unsaturated/α-hetero) is 1. The van der Waals surface area contributed by atoms with E-state index in [1.807, 2.05) is 6.92 Å². The minimum absolute atomic E-state index is 0.0615. The highest BCUT2D eigenvalue weighted by Crippen LogP contribution is 2.23. The summed E-state index contributed by atoms with van der Waals surface area (Å²) in [6, 6.07) is 8.26. The van der Waals surface area contributed by atoms with Crippen LogP contribution >= 0.6 is 0 Å². The van der Waals surface area contributed by atoms with Crippen molar-refractivity contribution in [2.45, 2.75) is 34.1 Å². The Morgan fingerprint density at radius 3 is 2.45 bits per heavy atom. The van der Waals surface area contributed by atoms with Gasteiger partial charge in [0.25, 0.3) is 0 Å². The monoisotopic (exact) mass is 394 g/mol. The van der Waals surface area contributed by atoms with Gasteiger partial charge in [0.15, 0.2) is 11.6 Å². The van der Waals surface area contributed by atoms with Crippen LogP contribution in [0.15, 0.2) is 36.5 Å². The molecule has 150 valence electrons. The maximum Gasteiger partial charge on any atom is 0.338 e. The van der Waals surface area contributed by atoms with Gasteiger partial charge in [0.2, 0.25) is 5.88 Å². The molecule has 0 radical (unpaired) electrons. The average molecular weight is 394 g/mol. The highest BCUT2D eigenvalue weighted by atomic mass is 16.5. The van der Waals surface area contributed by atoms with E-state index in [4.69, 9.17) is 9.47 Å². The summed E-state index contributed by atoms with van der Waals surface area (Å²) in [5, 5.41) is 4.25. The summed E-state index contributed by atoms with van der Waals surface area (Å²) in [4.78, 5) is 32.2. The topological polar surface area (TPSA) is 96.2 Å². The van der Waals surface area contributed by atoms with E-state index < -0.39 is 0 Å². The van der Waals surface area contributed by atoms with E-state index >= 15 is 0 Å². The van der Waals surface area contributed by atoms with Gasteiger partial charge in [0, 0.05) is 6.07 Å². The maximum atomic E-state index is 11.9.